The molecule has 2 atom stereocenters. The second kappa shape index (κ2) is 14.2. The summed E-state index contributed by atoms with van der Waals surface area (Å²) in [7, 11) is 6.45. The number of likely N-dealkylation sites (tertiary alicyclic amines) is 1. The number of ether oxygens (including phenoxy) is 3. The average molecular weight is 613 g/mol. The number of fused-ring (bicyclic) bond motifs is 1. The van der Waals surface area contributed by atoms with Gasteiger partial charge in [0.15, 0.2) is 17.3 Å². The number of amides is 1. The molecule has 1 N–H and O–H groups in total. The maximum absolute atomic E-state index is 13.8. The highest BCUT2D eigenvalue weighted by Gasteiger charge is 2.32. The number of piperidine rings is 1. The minimum absolute atomic E-state index is 0.0447. The first kappa shape index (κ1) is 32.0. The van der Waals surface area contributed by atoms with Crippen LogP contribution in [0.2, 0.25) is 0 Å². The monoisotopic (exact) mass is 612 g/mol. The van der Waals surface area contributed by atoms with Crippen molar-refractivity contribution in [3.8, 4) is 17.2 Å². The predicted octanol–water partition coefficient (Wildman–Crippen LogP) is 6.19. The van der Waals surface area contributed by atoms with Gasteiger partial charge < -0.3 is 24.1 Å². The summed E-state index contributed by atoms with van der Waals surface area (Å²) in [6.07, 6.45) is 3.67. The highest BCUT2D eigenvalue weighted by Crippen LogP contribution is 2.38. The summed E-state index contributed by atoms with van der Waals surface area (Å²) in [5.74, 6) is 1.70. The number of ketones is 1. The van der Waals surface area contributed by atoms with Gasteiger partial charge in [-0.15, -0.1) is 0 Å². The standard InChI is InChI=1S/C36H44N4O5/c1-23-14-15-25(19-24(23)2)26(22-39(3)36(42)27-20-31(43-4)34(45-6)32(21-27)44-5)16-18-40-17-10-9-13-30(40)33(41)35-37-28-11-7-8-12-29(28)38-35/h7-8,11-12,14-15,19-21,26,30H,9-10,13,16-18,22H2,1-6H3,(H,37,38). The van der Waals surface area contributed by atoms with E-state index in [1.54, 1.807) is 24.1 Å². The van der Waals surface area contributed by atoms with E-state index in [1.165, 1.54) is 30.9 Å². The Kier molecular flexibility index (Phi) is 10.1. The number of para-hydroxylation sites is 2. The summed E-state index contributed by atoms with van der Waals surface area (Å²) in [6.45, 7) is 6.33. The van der Waals surface area contributed by atoms with Gasteiger partial charge in [-0.2, -0.15) is 0 Å². The molecule has 0 aliphatic carbocycles. The molecular weight excluding hydrogens is 568 g/mol. The molecular formula is C36H44N4O5. The van der Waals surface area contributed by atoms with Gasteiger partial charge in [0.1, 0.15) is 0 Å². The predicted molar refractivity (Wildman–Crippen MR) is 176 cm³/mol. The first-order valence-corrected chi connectivity index (χ1v) is 15.6. The van der Waals surface area contributed by atoms with E-state index in [0.717, 1.165) is 49.8 Å². The molecule has 1 aromatic heterocycles. The van der Waals surface area contributed by atoms with Gasteiger partial charge in [0.25, 0.3) is 5.91 Å². The van der Waals surface area contributed by atoms with Crippen molar-refractivity contribution >= 4 is 22.7 Å². The number of aromatic nitrogens is 2. The number of Topliss-reactive ketones (excluding diaryl/α,β-unsaturated/α-hetero) is 1. The lowest BCUT2D eigenvalue weighted by molar-refractivity contribution is 0.0719. The van der Waals surface area contributed by atoms with Crippen LogP contribution in [-0.2, 0) is 0 Å². The number of aryl methyl sites for hydroxylation is 2. The van der Waals surface area contributed by atoms with E-state index in [2.05, 4.69) is 46.9 Å². The van der Waals surface area contributed by atoms with Crippen molar-refractivity contribution < 1.29 is 23.8 Å². The lowest BCUT2D eigenvalue weighted by Crippen LogP contribution is -2.46. The summed E-state index contributed by atoms with van der Waals surface area (Å²) in [4.78, 5) is 39.4. The first-order chi connectivity index (χ1) is 21.7. The van der Waals surface area contributed by atoms with Crippen molar-refractivity contribution in [2.24, 2.45) is 0 Å². The van der Waals surface area contributed by atoms with Crippen molar-refractivity contribution in [2.75, 3.05) is 48.0 Å². The molecule has 3 aromatic carbocycles. The van der Waals surface area contributed by atoms with E-state index in [9.17, 15) is 9.59 Å². The van der Waals surface area contributed by atoms with Crippen LogP contribution in [0.4, 0.5) is 0 Å². The summed E-state index contributed by atoms with van der Waals surface area (Å²) < 4.78 is 16.4. The second-order valence-electron chi connectivity index (χ2n) is 11.9. The molecule has 9 heteroatoms. The molecule has 1 saturated heterocycles. The van der Waals surface area contributed by atoms with E-state index < -0.39 is 0 Å². The zero-order valence-electron chi connectivity index (χ0n) is 27.2. The van der Waals surface area contributed by atoms with E-state index in [4.69, 9.17) is 14.2 Å². The van der Waals surface area contributed by atoms with Crippen molar-refractivity contribution in [3.05, 3.63) is 82.7 Å². The Labute approximate surface area is 265 Å². The molecule has 1 aliphatic heterocycles. The normalized spacial score (nSPS) is 15.9. The zero-order valence-corrected chi connectivity index (χ0v) is 27.2. The molecule has 238 valence electrons. The molecule has 4 aromatic rings. The number of nitrogens with zero attached hydrogens (tertiary/aromatic N) is 3. The van der Waals surface area contributed by atoms with Crippen molar-refractivity contribution in [1.29, 1.82) is 0 Å². The fourth-order valence-electron chi connectivity index (χ4n) is 6.32. The van der Waals surface area contributed by atoms with Crippen molar-refractivity contribution in [3.63, 3.8) is 0 Å². The lowest BCUT2D eigenvalue weighted by Gasteiger charge is -2.35. The molecule has 0 bridgehead atoms. The van der Waals surface area contributed by atoms with Gasteiger partial charge in [-0.05, 0) is 87.2 Å². The number of rotatable bonds is 12. The lowest BCUT2D eigenvalue weighted by atomic mass is 9.91. The molecule has 2 unspecified atom stereocenters. The maximum Gasteiger partial charge on any atom is 0.253 e. The molecule has 9 nitrogen and oxygen atoms in total. The molecule has 1 amide bonds. The highest BCUT2D eigenvalue weighted by atomic mass is 16.5. The van der Waals surface area contributed by atoms with Gasteiger partial charge in [0.2, 0.25) is 11.5 Å². The van der Waals surface area contributed by atoms with Crippen LogP contribution in [0.3, 0.4) is 0 Å². The minimum Gasteiger partial charge on any atom is -0.493 e. The fourth-order valence-corrected chi connectivity index (χ4v) is 6.32. The minimum atomic E-state index is -0.224. The van der Waals surface area contributed by atoms with Crippen molar-refractivity contribution in [2.45, 2.75) is 51.5 Å². The molecule has 0 radical (unpaired) electrons. The van der Waals surface area contributed by atoms with E-state index in [-0.39, 0.29) is 23.7 Å². The van der Waals surface area contributed by atoms with Crippen LogP contribution < -0.4 is 14.2 Å². The van der Waals surface area contributed by atoms with Gasteiger partial charge in [0, 0.05) is 25.1 Å². The van der Waals surface area contributed by atoms with Gasteiger partial charge in [0.05, 0.1) is 38.4 Å². The smallest absolute Gasteiger partial charge is 0.253 e. The van der Waals surface area contributed by atoms with Crippen LogP contribution in [0, 0.1) is 13.8 Å². The second-order valence-corrected chi connectivity index (χ2v) is 11.9. The van der Waals surface area contributed by atoms with Gasteiger partial charge in [-0.25, -0.2) is 4.98 Å². The van der Waals surface area contributed by atoms with E-state index in [1.807, 2.05) is 31.3 Å². The van der Waals surface area contributed by atoms with Crippen LogP contribution in [0.5, 0.6) is 17.2 Å². The van der Waals surface area contributed by atoms with E-state index >= 15 is 0 Å². The Bertz CT molecular complexity index is 1610. The Hall–Kier alpha value is -4.37. The molecule has 0 saturated carbocycles. The number of carbonyl (C=O) groups excluding carboxylic acids is 2. The average Bonchev–Trinajstić information content (AvgIpc) is 3.51. The third kappa shape index (κ3) is 6.99. The van der Waals surface area contributed by atoms with Crippen LogP contribution in [0.15, 0.2) is 54.6 Å². The quantitative estimate of drug-likeness (QED) is 0.191. The number of benzene rings is 3. The largest absolute Gasteiger partial charge is 0.493 e. The summed E-state index contributed by atoms with van der Waals surface area (Å²) in [5.41, 5.74) is 5.76. The molecule has 2 heterocycles. The van der Waals surface area contributed by atoms with Gasteiger partial charge >= 0.3 is 0 Å². The molecule has 0 spiro atoms. The number of carbonyl (C=O) groups is 2. The van der Waals surface area contributed by atoms with Crippen LogP contribution in [0.1, 0.15) is 69.3 Å². The fraction of sp³-hybridized carbons (Fsp3) is 0.417. The molecule has 5 rings (SSSR count). The summed E-state index contributed by atoms with van der Waals surface area (Å²) in [5, 5.41) is 0. The Morgan fingerprint density at radius 2 is 1.71 bits per heavy atom. The number of H-pyrrole nitrogens is 1. The van der Waals surface area contributed by atoms with Crippen LogP contribution in [-0.4, -0.2) is 85.5 Å². The van der Waals surface area contributed by atoms with Crippen molar-refractivity contribution in [1.82, 2.24) is 19.8 Å². The maximum atomic E-state index is 13.8. The number of nitrogens with one attached hydrogen (secondary N) is 1. The van der Waals surface area contributed by atoms with Crippen LogP contribution in [0.25, 0.3) is 11.0 Å². The zero-order chi connectivity index (χ0) is 32.1. The number of hydrogen-bond donors (Lipinski definition) is 1. The Balaban J connectivity index is 1.36. The summed E-state index contributed by atoms with van der Waals surface area (Å²) >= 11 is 0. The number of hydrogen-bond acceptors (Lipinski definition) is 7. The van der Waals surface area contributed by atoms with Gasteiger partial charge in [-0.3, -0.25) is 14.5 Å². The number of likely N-dealkylation sites (N-methyl/N-ethyl adjacent to an activating group) is 1. The number of methoxy groups -OCH3 is 3. The topological polar surface area (TPSA) is 97.0 Å². The SMILES string of the molecule is COc1cc(C(=O)N(C)CC(CCN2CCCCC2C(=O)c2nc3ccccc3[nH]2)c2ccc(C)c(C)c2)cc(OC)c1OC. The molecule has 45 heavy (non-hydrogen) atoms. The number of aromatic amines is 1. The third-order valence-electron chi connectivity index (χ3n) is 9.06. The number of imidazole rings is 1. The summed E-state index contributed by atoms with van der Waals surface area (Å²) in [6, 6.07) is 17.4. The Morgan fingerprint density at radius 1 is 0.978 bits per heavy atom. The van der Waals surface area contributed by atoms with Gasteiger partial charge in [-0.1, -0.05) is 36.8 Å². The first-order valence-electron chi connectivity index (χ1n) is 15.6. The van der Waals surface area contributed by atoms with E-state index in [0.29, 0.717) is 35.2 Å². The molecule has 1 fully saturated rings. The Morgan fingerprint density at radius 3 is 2.38 bits per heavy atom. The van der Waals surface area contributed by atoms with Crippen LogP contribution >= 0.6 is 0 Å². The third-order valence-corrected chi connectivity index (χ3v) is 9.06. The molecule has 1 aliphatic rings. The highest BCUT2D eigenvalue weighted by molar-refractivity contribution is 5.99.